The fourth-order valence-corrected chi connectivity index (χ4v) is 3.72. The normalized spacial score (nSPS) is 12.1. The minimum absolute atomic E-state index is 0.196. The van der Waals surface area contributed by atoms with Crippen molar-refractivity contribution in [2.45, 2.75) is 129 Å². The van der Waals surface area contributed by atoms with Crippen molar-refractivity contribution in [3.63, 3.8) is 0 Å². The molecule has 0 bridgehead atoms. The second-order valence-electron chi connectivity index (χ2n) is 8.48. The van der Waals surface area contributed by atoms with Gasteiger partial charge in [-0.15, -0.1) is 0 Å². The highest BCUT2D eigenvalue weighted by Crippen LogP contribution is 2.12. The van der Waals surface area contributed by atoms with Crippen LogP contribution in [0.3, 0.4) is 0 Å². The van der Waals surface area contributed by atoms with Gasteiger partial charge in [0.1, 0.15) is 0 Å². The van der Waals surface area contributed by atoms with E-state index in [-0.39, 0.29) is 12.3 Å². The Balaban J connectivity index is 4.16. The van der Waals surface area contributed by atoms with Crippen molar-refractivity contribution in [2.75, 3.05) is 13.1 Å². The quantitative estimate of drug-likeness (QED) is 0.230. The summed E-state index contributed by atoms with van der Waals surface area (Å²) in [7, 11) is 0. The molecule has 1 amide bonds. The van der Waals surface area contributed by atoms with Crippen molar-refractivity contribution < 1.29 is 14.7 Å². The molecule has 0 aromatic carbocycles. The van der Waals surface area contributed by atoms with Crippen LogP contribution in [0.1, 0.15) is 123 Å². The zero-order valence-electron chi connectivity index (χ0n) is 19.3. The predicted molar refractivity (Wildman–Crippen MR) is 122 cm³/mol. The van der Waals surface area contributed by atoms with Crippen LogP contribution in [0.15, 0.2) is 0 Å². The number of nitrogens with zero attached hydrogens (tertiary/aromatic N) is 1. The number of rotatable bonds is 21. The Morgan fingerprint density at radius 3 is 1.38 bits per heavy atom. The molecule has 0 radical (unpaired) electrons. The topological polar surface area (TPSA) is 83.6 Å². The average Bonchev–Trinajstić information content (AvgIpc) is 2.69. The molecule has 0 saturated heterocycles. The number of hydrogen-bond acceptors (Lipinski definition) is 3. The largest absolute Gasteiger partial charge is 0.481 e. The van der Waals surface area contributed by atoms with Gasteiger partial charge in [-0.2, -0.15) is 0 Å². The lowest BCUT2D eigenvalue weighted by Gasteiger charge is -2.25. The molecule has 0 saturated carbocycles. The predicted octanol–water partition coefficient (Wildman–Crippen LogP) is 5.90. The fourth-order valence-electron chi connectivity index (χ4n) is 3.72. The van der Waals surface area contributed by atoms with Gasteiger partial charge in [0.15, 0.2) is 0 Å². The summed E-state index contributed by atoms with van der Waals surface area (Å²) in [6, 6.07) is -0.921. The van der Waals surface area contributed by atoms with E-state index in [1.165, 1.54) is 77.0 Å². The molecule has 5 heteroatoms. The van der Waals surface area contributed by atoms with Crippen molar-refractivity contribution >= 4 is 11.9 Å². The summed E-state index contributed by atoms with van der Waals surface area (Å²) in [5.74, 6) is -1.21. The van der Waals surface area contributed by atoms with Crippen molar-refractivity contribution in [1.29, 1.82) is 0 Å². The van der Waals surface area contributed by atoms with E-state index in [0.717, 1.165) is 25.7 Å². The number of amides is 1. The van der Waals surface area contributed by atoms with Gasteiger partial charge in [-0.05, 0) is 12.8 Å². The highest BCUT2D eigenvalue weighted by molar-refractivity contribution is 5.85. The van der Waals surface area contributed by atoms with Gasteiger partial charge in [-0.25, -0.2) is 0 Å². The minimum Gasteiger partial charge on any atom is -0.481 e. The van der Waals surface area contributed by atoms with Crippen LogP contribution in [0.2, 0.25) is 0 Å². The van der Waals surface area contributed by atoms with Crippen LogP contribution >= 0.6 is 0 Å². The van der Waals surface area contributed by atoms with Gasteiger partial charge >= 0.3 is 5.97 Å². The first-order valence-corrected chi connectivity index (χ1v) is 12.3. The lowest BCUT2D eigenvalue weighted by Crippen LogP contribution is -2.45. The van der Waals surface area contributed by atoms with Gasteiger partial charge < -0.3 is 15.7 Å². The van der Waals surface area contributed by atoms with Crippen LogP contribution in [0, 0.1) is 0 Å². The lowest BCUT2D eigenvalue weighted by molar-refractivity contribution is -0.142. The molecule has 0 aliphatic carbocycles. The van der Waals surface area contributed by atoms with E-state index in [0.29, 0.717) is 13.1 Å². The van der Waals surface area contributed by atoms with Crippen LogP contribution in [-0.2, 0) is 9.59 Å². The molecule has 0 aliphatic heterocycles. The average molecular weight is 413 g/mol. The second kappa shape index (κ2) is 20.2. The summed E-state index contributed by atoms with van der Waals surface area (Å²) < 4.78 is 0. The maximum absolute atomic E-state index is 12.6. The molecular formula is C24H48N2O3. The number of carboxylic acid groups (broad SMARTS) is 1. The Hall–Kier alpha value is -1.10. The third-order valence-corrected chi connectivity index (χ3v) is 5.59. The molecule has 0 heterocycles. The Bertz CT molecular complexity index is 382. The van der Waals surface area contributed by atoms with E-state index < -0.39 is 12.0 Å². The number of nitrogens with two attached hydrogens (primary N) is 1. The van der Waals surface area contributed by atoms with Crippen LogP contribution in [0.4, 0.5) is 0 Å². The van der Waals surface area contributed by atoms with Crippen LogP contribution in [0.25, 0.3) is 0 Å². The molecule has 0 fully saturated rings. The zero-order chi connectivity index (χ0) is 21.7. The van der Waals surface area contributed by atoms with Gasteiger partial charge in [-0.1, -0.05) is 104 Å². The molecule has 0 aromatic rings. The first-order chi connectivity index (χ1) is 14.0. The smallest absolute Gasteiger partial charge is 0.305 e. The molecule has 3 N–H and O–H groups in total. The summed E-state index contributed by atoms with van der Waals surface area (Å²) in [6.45, 7) is 5.87. The molecular weight excluding hydrogens is 364 g/mol. The van der Waals surface area contributed by atoms with Crippen molar-refractivity contribution in [2.24, 2.45) is 5.73 Å². The van der Waals surface area contributed by atoms with E-state index in [9.17, 15) is 9.59 Å². The van der Waals surface area contributed by atoms with Crippen LogP contribution in [0.5, 0.6) is 0 Å². The van der Waals surface area contributed by atoms with Crippen LogP contribution < -0.4 is 5.73 Å². The third kappa shape index (κ3) is 17.5. The highest BCUT2D eigenvalue weighted by atomic mass is 16.4. The van der Waals surface area contributed by atoms with Gasteiger partial charge in [0.2, 0.25) is 5.91 Å². The maximum atomic E-state index is 12.6. The Morgan fingerprint density at radius 1 is 0.690 bits per heavy atom. The SMILES string of the molecule is CCCCCCCCCCN(CCCCCCCCCC)C(=O)[C@@H](N)CC(=O)O. The van der Waals surface area contributed by atoms with E-state index >= 15 is 0 Å². The van der Waals surface area contributed by atoms with Gasteiger partial charge in [-0.3, -0.25) is 9.59 Å². The highest BCUT2D eigenvalue weighted by Gasteiger charge is 2.22. The molecule has 1 atom stereocenters. The number of aliphatic carboxylic acids is 1. The Kier molecular flexibility index (Phi) is 19.4. The minimum atomic E-state index is -1.01. The summed E-state index contributed by atoms with van der Waals surface area (Å²) in [6.07, 6.45) is 19.3. The fraction of sp³-hybridized carbons (Fsp3) is 0.917. The van der Waals surface area contributed by atoms with Crippen LogP contribution in [-0.4, -0.2) is 41.0 Å². The summed E-state index contributed by atoms with van der Waals surface area (Å²) >= 11 is 0. The second-order valence-corrected chi connectivity index (χ2v) is 8.48. The first-order valence-electron chi connectivity index (χ1n) is 12.3. The molecule has 0 spiro atoms. The van der Waals surface area contributed by atoms with Gasteiger partial charge in [0.25, 0.3) is 0 Å². The lowest BCUT2D eigenvalue weighted by atomic mass is 10.1. The van der Waals surface area contributed by atoms with Gasteiger partial charge in [0.05, 0.1) is 12.5 Å². The molecule has 172 valence electrons. The van der Waals surface area contributed by atoms with E-state index in [4.69, 9.17) is 10.8 Å². The maximum Gasteiger partial charge on any atom is 0.305 e. The van der Waals surface area contributed by atoms with Crippen molar-refractivity contribution in [3.8, 4) is 0 Å². The summed E-state index contributed by atoms with van der Waals surface area (Å²) in [5.41, 5.74) is 5.84. The van der Waals surface area contributed by atoms with E-state index in [1.807, 2.05) is 4.90 Å². The molecule has 29 heavy (non-hydrogen) atoms. The summed E-state index contributed by atoms with van der Waals surface area (Å²) in [5, 5.41) is 8.93. The third-order valence-electron chi connectivity index (χ3n) is 5.59. The first kappa shape index (κ1) is 27.9. The zero-order valence-corrected chi connectivity index (χ0v) is 19.3. The molecule has 0 aromatic heterocycles. The Labute approximate surface area is 179 Å². The number of unbranched alkanes of at least 4 members (excludes halogenated alkanes) is 14. The monoisotopic (exact) mass is 412 g/mol. The number of hydrogen-bond donors (Lipinski definition) is 2. The summed E-state index contributed by atoms with van der Waals surface area (Å²) in [4.78, 5) is 25.3. The van der Waals surface area contributed by atoms with Gasteiger partial charge in [0, 0.05) is 13.1 Å². The standard InChI is InChI=1S/C24H48N2O3/c1-3-5-7-9-11-13-15-17-19-26(24(29)22(25)21-23(27)28)20-18-16-14-12-10-8-6-4-2/h22H,3-21,25H2,1-2H3,(H,27,28)/t22-/m0/s1. The molecule has 5 nitrogen and oxygen atoms in total. The van der Waals surface area contributed by atoms with Crippen molar-refractivity contribution in [3.05, 3.63) is 0 Å². The number of carboxylic acids is 1. The Morgan fingerprint density at radius 2 is 1.03 bits per heavy atom. The molecule has 0 rings (SSSR count). The van der Waals surface area contributed by atoms with E-state index in [1.54, 1.807) is 0 Å². The number of carbonyl (C=O) groups is 2. The number of carbonyl (C=O) groups excluding carboxylic acids is 1. The van der Waals surface area contributed by atoms with Crippen molar-refractivity contribution in [1.82, 2.24) is 4.90 Å². The molecule has 0 unspecified atom stereocenters. The molecule has 0 aliphatic rings. The van der Waals surface area contributed by atoms with E-state index in [2.05, 4.69) is 13.8 Å².